The minimum absolute atomic E-state index is 0.0895. The van der Waals surface area contributed by atoms with Crippen LogP contribution in [-0.4, -0.2) is 11.9 Å². The molecule has 0 saturated heterocycles. The standard InChI is InChI=1S/C24H46O4.C2HCl3/c1-3-5-7-9-11-13-15-17-19-21-23(25)27-28-24(26)22-20-18-16-14-12-10-8-6-4-2;3-1-2(4)5/h3-22H2,1-2H3;1H. The molecular formula is C26H47Cl3O4. The maximum atomic E-state index is 11.6. The van der Waals surface area contributed by atoms with Crippen molar-refractivity contribution >= 4 is 46.7 Å². The van der Waals surface area contributed by atoms with Crippen LogP contribution < -0.4 is 0 Å². The van der Waals surface area contributed by atoms with Gasteiger partial charge >= 0.3 is 11.9 Å². The summed E-state index contributed by atoms with van der Waals surface area (Å²) in [7, 11) is 0. The summed E-state index contributed by atoms with van der Waals surface area (Å²) in [5.74, 6) is -0.855. The van der Waals surface area contributed by atoms with Crippen LogP contribution in [0.25, 0.3) is 0 Å². The second-order valence-electron chi connectivity index (χ2n) is 8.47. The van der Waals surface area contributed by atoms with E-state index in [0.29, 0.717) is 12.8 Å². The molecule has 196 valence electrons. The maximum absolute atomic E-state index is 11.6. The average Bonchev–Trinajstić information content (AvgIpc) is 2.81. The quantitative estimate of drug-likeness (QED) is 0.0893. The van der Waals surface area contributed by atoms with Gasteiger partial charge in [-0.15, -0.1) is 0 Å². The topological polar surface area (TPSA) is 52.6 Å². The Hall–Kier alpha value is -0.450. The summed E-state index contributed by atoms with van der Waals surface area (Å²) in [6.45, 7) is 4.46. The van der Waals surface area contributed by atoms with Crippen LogP contribution >= 0.6 is 34.8 Å². The van der Waals surface area contributed by atoms with Crippen LogP contribution in [0.1, 0.15) is 142 Å². The van der Waals surface area contributed by atoms with Crippen molar-refractivity contribution in [1.82, 2.24) is 0 Å². The highest BCUT2D eigenvalue weighted by molar-refractivity contribution is 6.58. The number of unbranched alkanes of at least 4 members (excludes halogenated alkanes) is 16. The number of hydrogen-bond donors (Lipinski definition) is 0. The molecule has 7 heteroatoms. The van der Waals surface area contributed by atoms with E-state index in [0.717, 1.165) is 44.1 Å². The minimum atomic E-state index is -0.427. The highest BCUT2D eigenvalue weighted by Gasteiger charge is 2.09. The Kier molecular flexibility index (Phi) is 31.1. The Labute approximate surface area is 218 Å². The van der Waals surface area contributed by atoms with Crippen LogP contribution in [0.2, 0.25) is 0 Å². The molecule has 0 fully saturated rings. The first-order chi connectivity index (χ1) is 16.0. The fourth-order valence-electron chi connectivity index (χ4n) is 3.34. The largest absolute Gasteiger partial charge is 0.355 e. The fraction of sp³-hybridized carbons (Fsp3) is 0.846. The summed E-state index contributed by atoms with van der Waals surface area (Å²) in [5.41, 5.74) is 1.09. The smallest absolute Gasteiger partial charge is 0.247 e. The third kappa shape index (κ3) is 33.8. The van der Waals surface area contributed by atoms with Gasteiger partial charge in [0.2, 0.25) is 0 Å². The highest BCUT2D eigenvalue weighted by Crippen LogP contribution is 2.12. The SMILES string of the molecule is CCCCCCCCCCCC(=O)OOC(=O)CCCCCCCCCCC.ClC=C(Cl)Cl. The lowest BCUT2D eigenvalue weighted by atomic mass is 10.1. The molecule has 0 unspecified atom stereocenters. The van der Waals surface area contributed by atoms with Crippen LogP contribution in [0.3, 0.4) is 0 Å². The highest BCUT2D eigenvalue weighted by atomic mass is 35.5. The zero-order valence-corrected chi connectivity index (χ0v) is 23.3. The Morgan fingerprint density at radius 3 is 1.03 bits per heavy atom. The molecule has 0 spiro atoms. The van der Waals surface area contributed by atoms with E-state index in [1.165, 1.54) is 77.0 Å². The molecule has 0 aromatic carbocycles. The van der Waals surface area contributed by atoms with Gasteiger partial charge < -0.3 is 0 Å². The van der Waals surface area contributed by atoms with Crippen molar-refractivity contribution in [2.24, 2.45) is 0 Å². The van der Waals surface area contributed by atoms with Crippen LogP contribution in [-0.2, 0) is 19.4 Å². The molecule has 0 atom stereocenters. The van der Waals surface area contributed by atoms with E-state index in [-0.39, 0.29) is 4.49 Å². The van der Waals surface area contributed by atoms with E-state index in [9.17, 15) is 9.59 Å². The molecular weight excluding hydrogens is 483 g/mol. The molecule has 0 aliphatic carbocycles. The molecule has 33 heavy (non-hydrogen) atoms. The molecule has 0 N–H and O–H groups in total. The molecule has 0 amide bonds. The number of halogens is 3. The van der Waals surface area contributed by atoms with Crippen molar-refractivity contribution in [2.75, 3.05) is 0 Å². The summed E-state index contributed by atoms with van der Waals surface area (Å²) in [5, 5.41) is 0. The van der Waals surface area contributed by atoms with Crippen molar-refractivity contribution in [2.45, 2.75) is 142 Å². The van der Waals surface area contributed by atoms with Gasteiger partial charge in [0, 0.05) is 5.54 Å². The van der Waals surface area contributed by atoms with Gasteiger partial charge in [-0.2, -0.15) is 0 Å². The number of carbonyl (C=O) groups is 2. The summed E-state index contributed by atoms with van der Waals surface area (Å²) in [6.07, 6.45) is 22.3. The summed E-state index contributed by atoms with van der Waals surface area (Å²) in [6, 6.07) is 0. The van der Waals surface area contributed by atoms with E-state index in [2.05, 4.69) is 23.6 Å². The molecule has 0 radical (unpaired) electrons. The van der Waals surface area contributed by atoms with Gasteiger partial charge in [0.05, 0.1) is 12.8 Å². The zero-order valence-electron chi connectivity index (χ0n) is 21.0. The van der Waals surface area contributed by atoms with E-state index in [1.54, 1.807) is 0 Å². The number of rotatable bonds is 20. The van der Waals surface area contributed by atoms with Crippen LogP contribution in [0, 0.1) is 0 Å². The van der Waals surface area contributed by atoms with Crippen molar-refractivity contribution in [3.8, 4) is 0 Å². The Morgan fingerprint density at radius 2 is 0.788 bits per heavy atom. The number of carbonyl (C=O) groups excluding carboxylic acids is 2. The molecule has 0 aliphatic rings. The van der Waals surface area contributed by atoms with Gasteiger partial charge in [0.1, 0.15) is 4.49 Å². The average molecular weight is 530 g/mol. The van der Waals surface area contributed by atoms with E-state index >= 15 is 0 Å². The fourth-order valence-corrected chi connectivity index (χ4v) is 3.34. The molecule has 4 nitrogen and oxygen atoms in total. The lowest BCUT2D eigenvalue weighted by Crippen LogP contribution is -2.11. The Morgan fingerprint density at radius 1 is 0.545 bits per heavy atom. The van der Waals surface area contributed by atoms with Crippen molar-refractivity contribution in [3.05, 3.63) is 10.0 Å². The Bertz CT molecular complexity index is 432. The molecule has 0 rings (SSSR count). The van der Waals surface area contributed by atoms with Crippen LogP contribution in [0.4, 0.5) is 0 Å². The van der Waals surface area contributed by atoms with E-state index < -0.39 is 11.9 Å². The second-order valence-corrected chi connectivity index (χ2v) is 9.69. The summed E-state index contributed by atoms with van der Waals surface area (Å²) in [4.78, 5) is 32.4. The Balaban J connectivity index is 0. The normalized spacial score (nSPS) is 10.2. The first kappa shape index (κ1) is 34.7. The third-order valence-electron chi connectivity index (χ3n) is 5.28. The van der Waals surface area contributed by atoms with Gasteiger partial charge in [0.25, 0.3) is 0 Å². The predicted molar refractivity (Wildman–Crippen MR) is 142 cm³/mol. The van der Waals surface area contributed by atoms with Crippen molar-refractivity contribution in [3.63, 3.8) is 0 Å². The molecule has 0 aromatic rings. The number of hydrogen-bond acceptors (Lipinski definition) is 4. The van der Waals surface area contributed by atoms with Gasteiger partial charge in [-0.1, -0.05) is 151 Å². The maximum Gasteiger partial charge on any atom is 0.355 e. The minimum Gasteiger partial charge on any atom is -0.247 e. The van der Waals surface area contributed by atoms with Gasteiger partial charge in [-0.25, -0.2) is 19.4 Å². The van der Waals surface area contributed by atoms with Gasteiger partial charge in [-0.05, 0) is 12.8 Å². The van der Waals surface area contributed by atoms with Crippen molar-refractivity contribution in [1.29, 1.82) is 0 Å². The molecule has 0 aliphatic heterocycles. The second kappa shape index (κ2) is 29.6. The first-order valence-electron chi connectivity index (χ1n) is 13.0. The molecule has 0 heterocycles. The lowest BCUT2D eigenvalue weighted by molar-refractivity contribution is -0.259. The van der Waals surface area contributed by atoms with Gasteiger partial charge in [-0.3, -0.25) is 0 Å². The molecule has 0 aromatic heterocycles. The summed E-state index contributed by atoms with van der Waals surface area (Å²) >= 11 is 14.8. The first-order valence-corrected chi connectivity index (χ1v) is 14.2. The molecule has 0 saturated carbocycles. The lowest BCUT2D eigenvalue weighted by Gasteiger charge is -2.04. The summed E-state index contributed by atoms with van der Waals surface area (Å²) < 4.78 is 0.0895. The molecule has 0 bridgehead atoms. The van der Waals surface area contributed by atoms with Gasteiger partial charge in [0.15, 0.2) is 0 Å². The van der Waals surface area contributed by atoms with E-state index in [4.69, 9.17) is 34.8 Å². The van der Waals surface area contributed by atoms with Crippen LogP contribution in [0.15, 0.2) is 10.0 Å². The predicted octanol–water partition coefficient (Wildman–Crippen LogP) is 10.3. The van der Waals surface area contributed by atoms with E-state index in [1.807, 2.05) is 0 Å². The zero-order chi connectivity index (χ0) is 25.0. The van der Waals surface area contributed by atoms with Crippen molar-refractivity contribution < 1.29 is 19.4 Å². The van der Waals surface area contributed by atoms with Crippen LogP contribution in [0.5, 0.6) is 0 Å². The third-order valence-corrected chi connectivity index (χ3v) is 5.94. The monoisotopic (exact) mass is 528 g/mol.